The van der Waals surface area contributed by atoms with E-state index in [1.54, 1.807) is 19.1 Å². The number of esters is 3. The number of carbonyl (C=O) groups excluding carboxylic acids is 4. The molecule has 0 saturated carbocycles. The fraction of sp³-hybridized carbons (Fsp3) is 0.429. The second-order valence-electron chi connectivity index (χ2n) is 6.08. The van der Waals surface area contributed by atoms with E-state index < -0.39 is 30.3 Å². The van der Waals surface area contributed by atoms with E-state index in [-0.39, 0.29) is 12.0 Å². The molecule has 0 aliphatic carbocycles. The summed E-state index contributed by atoms with van der Waals surface area (Å²) in [5.74, 6) is 3.79. The smallest absolute Gasteiger partial charge is 0.305 e. The normalized spacial score (nSPS) is 12.2. The van der Waals surface area contributed by atoms with Gasteiger partial charge in [0.25, 0.3) is 6.29 Å². The van der Waals surface area contributed by atoms with Gasteiger partial charge < -0.3 is 14.2 Å². The molecule has 0 unspecified atom stereocenters. The highest BCUT2D eigenvalue weighted by molar-refractivity contribution is 5.77. The van der Waals surface area contributed by atoms with Crippen molar-refractivity contribution in [3.63, 3.8) is 0 Å². The van der Waals surface area contributed by atoms with Gasteiger partial charge in [0, 0.05) is 38.8 Å². The Labute approximate surface area is 165 Å². The molecule has 0 heterocycles. The number of hydrogen-bond acceptors (Lipinski definition) is 7. The maximum Gasteiger partial charge on any atom is 0.305 e. The van der Waals surface area contributed by atoms with Crippen LogP contribution in [-0.4, -0.2) is 36.6 Å². The van der Waals surface area contributed by atoms with Crippen LogP contribution in [0, 0.1) is 11.8 Å². The van der Waals surface area contributed by atoms with Gasteiger partial charge in [-0.3, -0.25) is 19.2 Å². The first-order valence-electron chi connectivity index (χ1n) is 8.55. The van der Waals surface area contributed by atoms with Gasteiger partial charge in [0.05, 0.1) is 0 Å². The Hall–Kier alpha value is -3.14. The van der Waals surface area contributed by atoms with E-state index >= 15 is 0 Å². The lowest BCUT2D eigenvalue weighted by Gasteiger charge is -2.18. The van der Waals surface area contributed by atoms with Crippen LogP contribution < -0.4 is 0 Å². The fourth-order valence-electron chi connectivity index (χ4n) is 1.88. The molecule has 0 saturated heterocycles. The van der Waals surface area contributed by atoms with Gasteiger partial charge in [0.2, 0.25) is 0 Å². The zero-order chi connectivity index (χ0) is 21.7. The van der Waals surface area contributed by atoms with Gasteiger partial charge in [-0.25, -0.2) is 0 Å². The summed E-state index contributed by atoms with van der Waals surface area (Å²) in [6, 6.07) is 0. The largest absolute Gasteiger partial charge is 0.457 e. The Morgan fingerprint density at radius 1 is 0.893 bits per heavy atom. The Morgan fingerprint density at radius 3 is 1.86 bits per heavy atom. The van der Waals surface area contributed by atoms with Crippen LogP contribution in [0.15, 0.2) is 34.9 Å². The first kappa shape index (κ1) is 24.9. The SMILES string of the molecule is CC(=O)OC(/C=C(\C=O)[C@H](C/C=C(\C)C#CC=C(C)C)OC(C)=O)OC(C)=O. The molecule has 0 aliphatic heterocycles. The second kappa shape index (κ2) is 13.1. The molecule has 0 aromatic rings. The first-order valence-corrected chi connectivity index (χ1v) is 8.55. The van der Waals surface area contributed by atoms with Crippen LogP contribution in [0.4, 0.5) is 0 Å². The monoisotopic (exact) mass is 390 g/mol. The second-order valence-corrected chi connectivity index (χ2v) is 6.08. The number of allylic oxidation sites excluding steroid dienone is 3. The number of ether oxygens (including phenoxy) is 3. The molecule has 28 heavy (non-hydrogen) atoms. The summed E-state index contributed by atoms with van der Waals surface area (Å²) in [6.07, 6.45) is 2.85. The number of aldehydes is 1. The van der Waals surface area contributed by atoms with Gasteiger partial charge in [-0.15, -0.1) is 0 Å². The minimum absolute atomic E-state index is 0.0102. The zero-order valence-electron chi connectivity index (χ0n) is 17.0. The van der Waals surface area contributed by atoms with Crippen molar-refractivity contribution >= 4 is 24.2 Å². The third-order valence-corrected chi connectivity index (χ3v) is 2.98. The molecule has 0 fully saturated rings. The van der Waals surface area contributed by atoms with Crippen LogP contribution in [0.1, 0.15) is 48.0 Å². The van der Waals surface area contributed by atoms with E-state index in [2.05, 4.69) is 11.8 Å². The molecule has 0 bridgehead atoms. The molecule has 7 nitrogen and oxygen atoms in total. The number of carbonyl (C=O) groups is 4. The summed E-state index contributed by atoms with van der Waals surface area (Å²) < 4.78 is 14.9. The number of rotatable bonds is 8. The maximum absolute atomic E-state index is 11.5. The van der Waals surface area contributed by atoms with Crippen molar-refractivity contribution in [2.75, 3.05) is 0 Å². The Bertz CT molecular complexity index is 724. The Balaban J connectivity index is 5.65. The minimum Gasteiger partial charge on any atom is -0.457 e. The number of hydrogen-bond donors (Lipinski definition) is 0. The van der Waals surface area contributed by atoms with Crippen molar-refractivity contribution in [1.82, 2.24) is 0 Å². The van der Waals surface area contributed by atoms with Crippen LogP contribution in [0.3, 0.4) is 0 Å². The highest BCUT2D eigenvalue weighted by Crippen LogP contribution is 2.15. The molecule has 0 aromatic heterocycles. The van der Waals surface area contributed by atoms with E-state index in [1.165, 1.54) is 6.92 Å². The maximum atomic E-state index is 11.5. The first-order chi connectivity index (χ1) is 13.0. The summed E-state index contributed by atoms with van der Waals surface area (Å²) in [5, 5.41) is 0. The Morgan fingerprint density at radius 2 is 1.43 bits per heavy atom. The van der Waals surface area contributed by atoms with Crippen LogP contribution >= 0.6 is 0 Å². The molecule has 0 radical (unpaired) electrons. The summed E-state index contributed by atoms with van der Waals surface area (Å²) in [4.78, 5) is 45.3. The molecule has 152 valence electrons. The molecule has 0 rings (SSSR count). The van der Waals surface area contributed by atoms with Gasteiger partial charge in [0.1, 0.15) is 12.4 Å². The van der Waals surface area contributed by atoms with E-state index in [9.17, 15) is 19.2 Å². The Kier molecular flexibility index (Phi) is 11.6. The van der Waals surface area contributed by atoms with Crippen molar-refractivity contribution in [3.05, 3.63) is 34.9 Å². The molecule has 0 spiro atoms. The highest BCUT2D eigenvalue weighted by Gasteiger charge is 2.21. The predicted molar refractivity (Wildman–Crippen MR) is 103 cm³/mol. The molecule has 0 aliphatic rings. The molecule has 0 N–H and O–H groups in total. The van der Waals surface area contributed by atoms with E-state index in [4.69, 9.17) is 14.2 Å². The fourth-order valence-corrected chi connectivity index (χ4v) is 1.88. The third kappa shape index (κ3) is 12.3. The molecule has 0 amide bonds. The molecular formula is C21H26O7. The van der Waals surface area contributed by atoms with Crippen LogP contribution in [-0.2, 0) is 33.4 Å². The average molecular weight is 390 g/mol. The third-order valence-electron chi connectivity index (χ3n) is 2.98. The standard InChI is InChI=1S/C21H26O7/c1-14(2)8-7-9-15(3)10-11-20(26-16(4)23)19(13-22)12-21(27-17(5)24)28-18(6)25/h8,10,12-13,20-21H,11H2,1-6H3/b15-10+,19-12+/t20-/m0/s1. The molecule has 1 atom stereocenters. The van der Waals surface area contributed by atoms with Gasteiger partial charge in [-0.1, -0.05) is 23.5 Å². The lowest BCUT2D eigenvalue weighted by atomic mass is 10.1. The summed E-state index contributed by atoms with van der Waals surface area (Å²) >= 11 is 0. The summed E-state index contributed by atoms with van der Waals surface area (Å²) in [5.41, 5.74) is 1.77. The molecule has 0 aromatic carbocycles. The van der Waals surface area contributed by atoms with E-state index in [0.29, 0.717) is 6.29 Å². The zero-order valence-corrected chi connectivity index (χ0v) is 17.0. The summed E-state index contributed by atoms with van der Waals surface area (Å²) in [6.45, 7) is 9.09. The topological polar surface area (TPSA) is 96.0 Å². The van der Waals surface area contributed by atoms with Crippen molar-refractivity contribution in [2.45, 2.75) is 60.4 Å². The minimum atomic E-state index is -1.41. The molecule has 7 heteroatoms. The van der Waals surface area contributed by atoms with Crippen molar-refractivity contribution in [3.8, 4) is 11.8 Å². The quantitative estimate of drug-likeness (QED) is 0.207. The van der Waals surface area contributed by atoms with Gasteiger partial charge in [0.15, 0.2) is 0 Å². The lowest BCUT2D eigenvalue weighted by molar-refractivity contribution is -0.176. The lowest BCUT2D eigenvalue weighted by Crippen LogP contribution is -2.25. The van der Waals surface area contributed by atoms with Gasteiger partial charge in [-0.05, 0) is 32.4 Å². The van der Waals surface area contributed by atoms with Gasteiger partial charge in [-0.2, -0.15) is 0 Å². The van der Waals surface area contributed by atoms with E-state index in [1.807, 2.05) is 13.8 Å². The highest BCUT2D eigenvalue weighted by atomic mass is 16.7. The predicted octanol–water partition coefficient (Wildman–Crippen LogP) is 2.80. The van der Waals surface area contributed by atoms with Crippen LogP contribution in [0.2, 0.25) is 0 Å². The summed E-state index contributed by atoms with van der Waals surface area (Å²) in [7, 11) is 0. The van der Waals surface area contributed by atoms with Crippen molar-refractivity contribution < 1.29 is 33.4 Å². The molecular weight excluding hydrogens is 364 g/mol. The van der Waals surface area contributed by atoms with Crippen LogP contribution in [0.5, 0.6) is 0 Å². The van der Waals surface area contributed by atoms with E-state index in [0.717, 1.165) is 31.1 Å². The van der Waals surface area contributed by atoms with Crippen molar-refractivity contribution in [1.29, 1.82) is 0 Å². The average Bonchev–Trinajstić information content (AvgIpc) is 2.54. The van der Waals surface area contributed by atoms with Crippen molar-refractivity contribution in [2.24, 2.45) is 0 Å². The van der Waals surface area contributed by atoms with Crippen LogP contribution in [0.25, 0.3) is 0 Å². The van der Waals surface area contributed by atoms with Gasteiger partial charge >= 0.3 is 17.9 Å².